The number of hydrogen-bond donors (Lipinski definition) is 0. The second-order valence-electron chi connectivity index (χ2n) is 10.3. The van der Waals surface area contributed by atoms with Crippen molar-refractivity contribution in [1.29, 1.82) is 0 Å². The summed E-state index contributed by atoms with van der Waals surface area (Å²) in [5, 5.41) is 0. The van der Waals surface area contributed by atoms with E-state index in [9.17, 15) is 19.2 Å². The number of nitrogens with zero attached hydrogens (tertiary/aromatic N) is 2. The zero-order valence-electron chi connectivity index (χ0n) is 19.6. The molecule has 0 spiro atoms. The number of amides is 3. The van der Waals surface area contributed by atoms with Crippen molar-refractivity contribution in [1.82, 2.24) is 4.90 Å². The molecule has 0 aromatic heterocycles. The van der Waals surface area contributed by atoms with E-state index in [1.165, 1.54) is 4.90 Å². The third-order valence-corrected chi connectivity index (χ3v) is 8.46. The minimum Gasteiger partial charge on any atom is -0.426 e. The third kappa shape index (κ3) is 3.56. The molecule has 7 nitrogen and oxygen atoms in total. The highest BCUT2D eigenvalue weighted by molar-refractivity contribution is 6.22. The molecule has 2 aliphatic heterocycles. The number of hydrogen-bond acceptors (Lipinski definition) is 5. The van der Waals surface area contributed by atoms with E-state index < -0.39 is 11.9 Å². The molecule has 7 heteroatoms. The number of fused-ring (bicyclic) bond motifs is 5. The molecule has 2 saturated carbocycles. The molecule has 0 unspecified atom stereocenters. The van der Waals surface area contributed by atoms with Gasteiger partial charge in [-0.15, -0.1) is 0 Å². The van der Waals surface area contributed by atoms with Crippen LogP contribution in [0, 0.1) is 29.6 Å². The largest absolute Gasteiger partial charge is 0.426 e. The van der Waals surface area contributed by atoms with Gasteiger partial charge in [0.15, 0.2) is 0 Å². The molecule has 3 amide bonds. The lowest BCUT2D eigenvalue weighted by atomic mass is 9.81. The van der Waals surface area contributed by atoms with Gasteiger partial charge in [0, 0.05) is 19.0 Å². The molecular weight excluding hydrogens is 444 g/mol. The van der Waals surface area contributed by atoms with Gasteiger partial charge in [0.05, 0.1) is 29.5 Å². The van der Waals surface area contributed by atoms with Crippen molar-refractivity contribution in [2.24, 2.45) is 29.6 Å². The van der Waals surface area contributed by atoms with Crippen LogP contribution in [0.15, 0.2) is 54.6 Å². The molecule has 2 saturated heterocycles. The fourth-order valence-electron chi connectivity index (χ4n) is 6.72. The van der Waals surface area contributed by atoms with Crippen LogP contribution in [0.2, 0.25) is 0 Å². The number of imide groups is 1. The monoisotopic (exact) mass is 472 g/mol. The standard InChI is InChI=1S/C28H28N2O5/c1-16(17-6-3-2-4-7-17)29-15-20(13-23(29)31)28(34)35-22-9-5-8-21(14-22)30-26(32)24-18-10-11-19(12-18)25(24)27(30)33/h2-9,14,16,18-20,24-25H,10-13,15H2,1H3/t16-,18+,19+,20-,24-,25+/m1/s1. The lowest BCUT2D eigenvalue weighted by Crippen LogP contribution is -2.32. The molecule has 2 aromatic carbocycles. The van der Waals surface area contributed by atoms with Crippen LogP contribution in [0.4, 0.5) is 5.69 Å². The van der Waals surface area contributed by atoms with Crippen LogP contribution in [-0.2, 0) is 19.2 Å². The Morgan fingerprint density at radius 3 is 2.31 bits per heavy atom. The van der Waals surface area contributed by atoms with E-state index in [1.54, 1.807) is 29.2 Å². The third-order valence-electron chi connectivity index (χ3n) is 8.46. The number of carbonyl (C=O) groups excluding carboxylic acids is 4. The van der Waals surface area contributed by atoms with Gasteiger partial charge in [-0.25, -0.2) is 4.90 Å². The van der Waals surface area contributed by atoms with E-state index >= 15 is 0 Å². The zero-order chi connectivity index (χ0) is 24.3. The maximum absolute atomic E-state index is 13.1. The minimum absolute atomic E-state index is 0.0773. The van der Waals surface area contributed by atoms with Gasteiger partial charge in [-0.1, -0.05) is 36.4 Å². The van der Waals surface area contributed by atoms with Crippen LogP contribution >= 0.6 is 0 Å². The molecule has 0 radical (unpaired) electrons. The van der Waals surface area contributed by atoms with Crippen LogP contribution < -0.4 is 9.64 Å². The Kier molecular flexibility index (Phi) is 5.24. The molecule has 2 aromatic rings. The van der Waals surface area contributed by atoms with Gasteiger partial charge in [0.1, 0.15) is 5.75 Å². The molecule has 2 bridgehead atoms. The molecule has 2 heterocycles. The summed E-state index contributed by atoms with van der Waals surface area (Å²) in [4.78, 5) is 54.9. The number of anilines is 1. The van der Waals surface area contributed by atoms with E-state index in [4.69, 9.17) is 4.74 Å². The first-order valence-electron chi connectivity index (χ1n) is 12.5. The normalized spacial score (nSPS) is 30.2. The van der Waals surface area contributed by atoms with Crippen LogP contribution in [0.25, 0.3) is 0 Å². The Morgan fingerprint density at radius 2 is 1.63 bits per heavy atom. The first-order chi connectivity index (χ1) is 16.9. The highest BCUT2D eigenvalue weighted by Gasteiger charge is 2.61. The van der Waals surface area contributed by atoms with Crippen LogP contribution in [0.3, 0.4) is 0 Å². The summed E-state index contributed by atoms with van der Waals surface area (Å²) in [7, 11) is 0. The zero-order valence-corrected chi connectivity index (χ0v) is 19.6. The number of benzene rings is 2. The predicted molar refractivity (Wildman–Crippen MR) is 127 cm³/mol. The number of ether oxygens (including phenoxy) is 1. The molecule has 6 atom stereocenters. The molecule has 4 aliphatic rings. The van der Waals surface area contributed by atoms with Crippen molar-refractivity contribution < 1.29 is 23.9 Å². The minimum atomic E-state index is -0.567. The number of carbonyl (C=O) groups is 4. The van der Waals surface area contributed by atoms with Gasteiger partial charge in [-0.2, -0.15) is 0 Å². The van der Waals surface area contributed by atoms with Gasteiger partial charge < -0.3 is 9.64 Å². The van der Waals surface area contributed by atoms with Crippen molar-refractivity contribution in [3.05, 3.63) is 60.2 Å². The molecule has 2 aliphatic carbocycles. The van der Waals surface area contributed by atoms with Crippen molar-refractivity contribution in [2.75, 3.05) is 11.4 Å². The van der Waals surface area contributed by atoms with Crippen LogP contribution in [0.1, 0.15) is 44.2 Å². The van der Waals surface area contributed by atoms with E-state index in [-0.39, 0.29) is 47.8 Å². The molecule has 6 rings (SSSR count). The average Bonchev–Trinajstić information content (AvgIpc) is 3.63. The van der Waals surface area contributed by atoms with Gasteiger partial charge >= 0.3 is 5.97 Å². The maximum atomic E-state index is 13.1. The molecule has 4 fully saturated rings. The fourth-order valence-corrected chi connectivity index (χ4v) is 6.72. The topological polar surface area (TPSA) is 84.0 Å². The second kappa shape index (κ2) is 8.33. The molecule has 0 N–H and O–H groups in total. The predicted octanol–water partition coefficient (Wildman–Crippen LogP) is 3.74. The molecule has 180 valence electrons. The Hall–Kier alpha value is -3.48. The molecule has 35 heavy (non-hydrogen) atoms. The van der Waals surface area contributed by atoms with E-state index in [0.29, 0.717) is 24.1 Å². The van der Waals surface area contributed by atoms with E-state index in [2.05, 4.69) is 0 Å². The Morgan fingerprint density at radius 1 is 0.943 bits per heavy atom. The van der Waals surface area contributed by atoms with Gasteiger partial charge in [0.25, 0.3) is 0 Å². The lowest BCUT2D eigenvalue weighted by molar-refractivity contribution is -0.139. The van der Waals surface area contributed by atoms with Crippen molar-refractivity contribution in [2.45, 2.75) is 38.6 Å². The van der Waals surface area contributed by atoms with E-state index in [1.807, 2.05) is 37.3 Å². The average molecular weight is 473 g/mol. The Labute approximate surface area is 204 Å². The smallest absolute Gasteiger partial charge is 0.316 e. The van der Waals surface area contributed by atoms with Gasteiger partial charge in [0.2, 0.25) is 17.7 Å². The summed E-state index contributed by atoms with van der Waals surface area (Å²) < 4.78 is 5.63. The van der Waals surface area contributed by atoms with E-state index in [0.717, 1.165) is 24.8 Å². The summed E-state index contributed by atoms with van der Waals surface area (Å²) in [5.74, 6) is -0.868. The summed E-state index contributed by atoms with van der Waals surface area (Å²) >= 11 is 0. The van der Waals surface area contributed by atoms with Gasteiger partial charge in [-0.05, 0) is 55.7 Å². The first kappa shape index (κ1) is 22.0. The van der Waals surface area contributed by atoms with Crippen molar-refractivity contribution in [3.63, 3.8) is 0 Å². The Balaban J connectivity index is 1.15. The fraction of sp³-hybridized carbons (Fsp3) is 0.429. The lowest BCUT2D eigenvalue weighted by Gasteiger charge is -2.25. The van der Waals surface area contributed by atoms with Crippen molar-refractivity contribution >= 4 is 29.4 Å². The SMILES string of the molecule is C[C@H](c1ccccc1)N1C[C@H](C(=O)Oc2cccc(N3C(=O)[C@@H]4[C@H]5CC[C@@H](C5)[C@@H]4C3=O)c2)CC1=O. The number of esters is 1. The summed E-state index contributed by atoms with van der Waals surface area (Å²) in [6, 6.07) is 16.2. The van der Waals surface area contributed by atoms with Crippen LogP contribution in [-0.4, -0.2) is 35.1 Å². The summed E-state index contributed by atoms with van der Waals surface area (Å²) in [6.45, 7) is 2.25. The summed E-state index contributed by atoms with van der Waals surface area (Å²) in [6.07, 6.45) is 3.13. The highest BCUT2D eigenvalue weighted by Crippen LogP contribution is 2.56. The quantitative estimate of drug-likeness (QED) is 0.376. The van der Waals surface area contributed by atoms with Crippen LogP contribution in [0.5, 0.6) is 5.75 Å². The Bertz CT molecular complexity index is 1180. The van der Waals surface area contributed by atoms with Crippen molar-refractivity contribution in [3.8, 4) is 5.75 Å². The number of rotatable bonds is 5. The number of likely N-dealkylation sites (tertiary alicyclic amines) is 1. The molecular formula is C28H28N2O5. The summed E-state index contributed by atoms with van der Waals surface area (Å²) in [5.41, 5.74) is 1.46. The van der Waals surface area contributed by atoms with Gasteiger partial charge in [-0.3, -0.25) is 19.2 Å². The highest BCUT2D eigenvalue weighted by atomic mass is 16.5. The maximum Gasteiger partial charge on any atom is 0.316 e. The second-order valence-corrected chi connectivity index (χ2v) is 10.3. The first-order valence-corrected chi connectivity index (χ1v) is 12.5.